The third-order valence-corrected chi connectivity index (χ3v) is 5.60. The molecule has 1 aliphatic carbocycles. The van der Waals surface area contributed by atoms with Crippen molar-refractivity contribution < 1.29 is 4.79 Å². The van der Waals surface area contributed by atoms with E-state index in [9.17, 15) is 4.79 Å². The van der Waals surface area contributed by atoms with Crippen LogP contribution in [0, 0.1) is 5.41 Å². The molecule has 0 aliphatic heterocycles. The van der Waals surface area contributed by atoms with E-state index in [-0.39, 0.29) is 17.5 Å². The van der Waals surface area contributed by atoms with Gasteiger partial charge < -0.3 is 16.8 Å². The molecule has 8 heteroatoms. The van der Waals surface area contributed by atoms with Crippen LogP contribution in [0.3, 0.4) is 0 Å². The van der Waals surface area contributed by atoms with Gasteiger partial charge in [-0.25, -0.2) is 9.20 Å². The minimum atomic E-state index is -0.510. The minimum Gasteiger partial charge on any atom is -0.379 e. The summed E-state index contributed by atoms with van der Waals surface area (Å²) >= 11 is 0. The van der Waals surface area contributed by atoms with Crippen molar-refractivity contribution in [1.82, 2.24) is 19.4 Å². The summed E-state index contributed by atoms with van der Waals surface area (Å²) in [4.78, 5) is 12.0. The zero-order valence-corrected chi connectivity index (χ0v) is 14.9. The lowest BCUT2D eigenvalue weighted by Crippen LogP contribution is -2.42. The summed E-state index contributed by atoms with van der Waals surface area (Å²) in [5.41, 5.74) is 14.5. The molecule has 0 saturated heterocycles. The summed E-state index contributed by atoms with van der Waals surface area (Å²) in [7, 11) is 0. The highest BCUT2D eigenvalue weighted by Crippen LogP contribution is 2.39. The first kappa shape index (κ1) is 16.6. The lowest BCUT2D eigenvalue weighted by atomic mass is 9.84. The van der Waals surface area contributed by atoms with Crippen molar-refractivity contribution in [3.05, 3.63) is 42.5 Å². The number of rotatable bonds is 4. The number of hydrogen-bond acceptors (Lipinski definition) is 5. The maximum Gasteiger partial charge on any atom is 0.252 e. The van der Waals surface area contributed by atoms with Crippen molar-refractivity contribution >= 4 is 17.1 Å². The number of nitrogens with one attached hydrogen (secondary N) is 1. The van der Waals surface area contributed by atoms with Crippen LogP contribution in [0.4, 0.5) is 5.69 Å². The lowest BCUT2D eigenvalue weighted by Gasteiger charge is -2.32. The zero-order chi connectivity index (χ0) is 18.5. The summed E-state index contributed by atoms with van der Waals surface area (Å²) in [6.45, 7) is 4.30. The maximum atomic E-state index is 12.0. The zero-order valence-electron chi connectivity index (χ0n) is 14.9. The molecule has 0 bridgehead atoms. The number of fused-ring (bicyclic) bond motifs is 1. The summed E-state index contributed by atoms with van der Waals surface area (Å²) in [6, 6.07) is 4.05. The number of aromatic nitrogens is 4. The first-order valence-corrected chi connectivity index (χ1v) is 8.71. The van der Waals surface area contributed by atoms with E-state index in [1.165, 1.54) is 6.20 Å². The van der Waals surface area contributed by atoms with Gasteiger partial charge in [0.2, 0.25) is 0 Å². The fourth-order valence-corrected chi connectivity index (χ4v) is 3.71. The van der Waals surface area contributed by atoms with Gasteiger partial charge in [-0.15, -0.1) is 0 Å². The standard InChI is InChI=1S/C18H23N7O/c1-18(2)14(19)4-5-15(18)23-16-12(17(20)26)9-22-25-10-11(8-13(16)25)24-7-3-6-21-24/h3,6-10,14-15,23H,4-5,19H2,1-2H3,(H2,20,26). The maximum absolute atomic E-state index is 12.0. The van der Waals surface area contributed by atoms with E-state index in [2.05, 4.69) is 29.4 Å². The van der Waals surface area contributed by atoms with Crippen LogP contribution in [0.1, 0.15) is 37.0 Å². The summed E-state index contributed by atoms with van der Waals surface area (Å²) in [5.74, 6) is -0.510. The van der Waals surface area contributed by atoms with Crippen molar-refractivity contribution in [1.29, 1.82) is 0 Å². The summed E-state index contributed by atoms with van der Waals surface area (Å²) < 4.78 is 3.48. The van der Waals surface area contributed by atoms with Gasteiger partial charge in [0.25, 0.3) is 5.91 Å². The molecule has 2 atom stereocenters. The number of nitrogens with two attached hydrogens (primary N) is 2. The van der Waals surface area contributed by atoms with E-state index < -0.39 is 5.91 Å². The minimum absolute atomic E-state index is 0.0907. The molecular formula is C18H23N7O. The van der Waals surface area contributed by atoms with Gasteiger partial charge >= 0.3 is 0 Å². The molecule has 0 aromatic carbocycles. The van der Waals surface area contributed by atoms with Crippen molar-refractivity contribution in [3.8, 4) is 5.69 Å². The number of anilines is 1. The normalized spacial score (nSPS) is 22.0. The molecule has 136 valence electrons. The third kappa shape index (κ3) is 2.53. The van der Waals surface area contributed by atoms with E-state index in [0.29, 0.717) is 11.3 Å². The van der Waals surface area contributed by atoms with Gasteiger partial charge in [0, 0.05) is 24.5 Å². The number of carbonyl (C=O) groups is 1. The second kappa shape index (κ2) is 5.84. The molecule has 4 rings (SSSR count). The lowest BCUT2D eigenvalue weighted by molar-refractivity contribution is 0.100. The Kier molecular flexibility index (Phi) is 3.73. The molecule has 1 saturated carbocycles. The smallest absolute Gasteiger partial charge is 0.252 e. The highest BCUT2D eigenvalue weighted by atomic mass is 16.1. The van der Waals surface area contributed by atoms with E-state index in [1.807, 2.05) is 24.5 Å². The number of nitrogens with zero attached hydrogens (tertiary/aromatic N) is 4. The Morgan fingerprint density at radius 3 is 2.77 bits per heavy atom. The van der Waals surface area contributed by atoms with Gasteiger partial charge in [0.1, 0.15) is 0 Å². The van der Waals surface area contributed by atoms with E-state index in [1.54, 1.807) is 15.4 Å². The van der Waals surface area contributed by atoms with Gasteiger partial charge in [-0.3, -0.25) is 4.79 Å². The summed E-state index contributed by atoms with van der Waals surface area (Å²) in [5, 5.41) is 12.1. The molecular weight excluding hydrogens is 330 g/mol. The van der Waals surface area contributed by atoms with Crippen LogP contribution < -0.4 is 16.8 Å². The first-order valence-electron chi connectivity index (χ1n) is 8.71. The molecule has 1 fully saturated rings. The van der Waals surface area contributed by atoms with Crippen molar-refractivity contribution in [2.45, 2.75) is 38.8 Å². The molecule has 1 amide bonds. The average Bonchev–Trinajstić information content (AvgIpc) is 3.30. The fourth-order valence-electron chi connectivity index (χ4n) is 3.71. The van der Waals surface area contributed by atoms with Crippen molar-refractivity contribution in [2.75, 3.05) is 5.32 Å². The van der Waals surface area contributed by atoms with E-state index >= 15 is 0 Å². The Hall–Kier alpha value is -2.87. The van der Waals surface area contributed by atoms with Crippen LogP contribution in [0.2, 0.25) is 0 Å². The van der Waals surface area contributed by atoms with Crippen LogP contribution in [-0.2, 0) is 0 Å². The van der Waals surface area contributed by atoms with Crippen LogP contribution in [0.25, 0.3) is 11.2 Å². The molecule has 5 N–H and O–H groups in total. The monoisotopic (exact) mass is 353 g/mol. The second-order valence-electron chi connectivity index (χ2n) is 7.48. The number of amides is 1. The highest BCUT2D eigenvalue weighted by Gasteiger charge is 2.41. The largest absolute Gasteiger partial charge is 0.379 e. The molecule has 8 nitrogen and oxygen atoms in total. The van der Waals surface area contributed by atoms with Gasteiger partial charge in [-0.05, 0) is 30.4 Å². The number of carbonyl (C=O) groups excluding carboxylic acids is 1. The molecule has 2 unspecified atom stereocenters. The van der Waals surface area contributed by atoms with Crippen molar-refractivity contribution in [3.63, 3.8) is 0 Å². The molecule has 3 aromatic heterocycles. The average molecular weight is 353 g/mol. The first-order chi connectivity index (χ1) is 12.4. The van der Waals surface area contributed by atoms with Gasteiger partial charge in [-0.2, -0.15) is 10.2 Å². The summed E-state index contributed by atoms with van der Waals surface area (Å²) in [6.07, 6.45) is 8.82. The highest BCUT2D eigenvalue weighted by molar-refractivity contribution is 6.02. The number of hydrogen-bond donors (Lipinski definition) is 3. The Morgan fingerprint density at radius 2 is 2.15 bits per heavy atom. The van der Waals surface area contributed by atoms with Crippen LogP contribution in [0.5, 0.6) is 0 Å². The Bertz CT molecular complexity index is 957. The molecule has 0 radical (unpaired) electrons. The van der Waals surface area contributed by atoms with Crippen LogP contribution in [-0.4, -0.2) is 37.4 Å². The topological polar surface area (TPSA) is 116 Å². The quantitative estimate of drug-likeness (QED) is 0.658. The van der Waals surface area contributed by atoms with Gasteiger partial charge in [0.15, 0.2) is 0 Å². The Morgan fingerprint density at radius 1 is 1.35 bits per heavy atom. The predicted octanol–water partition coefficient (Wildman–Crippen LogP) is 1.55. The van der Waals surface area contributed by atoms with Gasteiger partial charge in [-0.1, -0.05) is 13.8 Å². The Labute approximate surface area is 151 Å². The second-order valence-corrected chi connectivity index (χ2v) is 7.48. The fraction of sp³-hybridized carbons (Fsp3) is 0.389. The molecule has 0 spiro atoms. The van der Waals surface area contributed by atoms with E-state index in [0.717, 1.165) is 24.0 Å². The van der Waals surface area contributed by atoms with Crippen LogP contribution >= 0.6 is 0 Å². The predicted molar refractivity (Wildman–Crippen MR) is 99.2 cm³/mol. The third-order valence-electron chi connectivity index (χ3n) is 5.60. The van der Waals surface area contributed by atoms with Crippen LogP contribution in [0.15, 0.2) is 36.9 Å². The SMILES string of the molecule is CC1(C)C(N)CCC1Nc1c(C(N)=O)cnn2cc(-n3cccn3)cc12. The molecule has 1 aliphatic rings. The van der Waals surface area contributed by atoms with E-state index in [4.69, 9.17) is 11.5 Å². The Balaban J connectivity index is 1.83. The van der Waals surface area contributed by atoms with Gasteiger partial charge in [0.05, 0.1) is 34.8 Å². The number of primary amides is 1. The molecule has 3 aromatic rings. The molecule has 26 heavy (non-hydrogen) atoms. The molecule has 3 heterocycles. The van der Waals surface area contributed by atoms with Crippen molar-refractivity contribution in [2.24, 2.45) is 16.9 Å².